The summed E-state index contributed by atoms with van der Waals surface area (Å²) in [5, 5.41) is 3.88. The normalized spacial score (nSPS) is 10.9. The van der Waals surface area contributed by atoms with Crippen molar-refractivity contribution in [2.45, 2.75) is 25.0 Å². The highest BCUT2D eigenvalue weighted by Crippen LogP contribution is 2.23. The predicted molar refractivity (Wildman–Crippen MR) is 99.3 cm³/mol. The SMILES string of the molecule is CCn1c(SCC(=O)NCCc2ccccc2)nc2ccccc21. The van der Waals surface area contributed by atoms with Gasteiger partial charge in [-0.1, -0.05) is 54.2 Å². The van der Waals surface area contributed by atoms with Crippen LogP contribution >= 0.6 is 11.8 Å². The molecular formula is C19H21N3OS. The van der Waals surface area contributed by atoms with Crippen LogP contribution in [0.5, 0.6) is 0 Å². The minimum atomic E-state index is 0.0469. The van der Waals surface area contributed by atoms with Crippen molar-refractivity contribution in [2.75, 3.05) is 12.3 Å². The number of hydrogen-bond acceptors (Lipinski definition) is 3. The van der Waals surface area contributed by atoms with E-state index in [1.54, 1.807) is 0 Å². The number of amides is 1. The van der Waals surface area contributed by atoms with Gasteiger partial charge in [-0.3, -0.25) is 4.79 Å². The van der Waals surface area contributed by atoms with E-state index in [2.05, 4.69) is 40.0 Å². The van der Waals surface area contributed by atoms with Crippen molar-refractivity contribution in [1.82, 2.24) is 14.9 Å². The monoisotopic (exact) mass is 339 g/mol. The van der Waals surface area contributed by atoms with Gasteiger partial charge in [-0.25, -0.2) is 4.98 Å². The molecule has 0 spiro atoms. The molecule has 0 atom stereocenters. The van der Waals surface area contributed by atoms with Gasteiger partial charge >= 0.3 is 0 Å². The highest BCUT2D eigenvalue weighted by molar-refractivity contribution is 7.99. The molecule has 1 heterocycles. The first kappa shape index (κ1) is 16.6. The van der Waals surface area contributed by atoms with Crippen molar-refractivity contribution in [2.24, 2.45) is 0 Å². The van der Waals surface area contributed by atoms with E-state index >= 15 is 0 Å². The lowest BCUT2D eigenvalue weighted by molar-refractivity contribution is -0.118. The lowest BCUT2D eigenvalue weighted by Gasteiger charge is -2.07. The number of thioether (sulfide) groups is 1. The van der Waals surface area contributed by atoms with Crippen LogP contribution < -0.4 is 5.32 Å². The highest BCUT2D eigenvalue weighted by atomic mass is 32.2. The second kappa shape index (κ2) is 8.02. The number of carbonyl (C=O) groups excluding carboxylic acids is 1. The number of aryl methyl sites for hydroxylation is 1. The van der Waals surface area contributed by atoms with E-state index in [0.717, 1.165) is 29.2 Å². The minimum absolute atomic E-state index is 0.0469. The standard InChI is InChI=1S/C19H21N3OS/c1-2-22-17-11-7-6-10-16(17)21-19(22)24-14-18(23)20-13-12-15-8-4-3-5-9-15/h3-11H,2,12-14H2,1H3,(H,20,23). The van der Waals surface area contributed by atoms with E-state index in [-0.39, 0.29) is 5.91 Å². The molecule has 2 aromatic carbocycles. The fraction of sp³-hybridized carbons (Fsp3) is 0.263. The average Bonchev–Trinajstić information content (AvgIpc) is 2.98. The number of fused-ring (bicyclic) bond motifs is 1. The van der Waals surface area contributed by atoms with Gasteiger partial charge in [-0.2, -0.15) is 0 Å². The first-order chi connectivity index (χ1) is 11.8. The molecule has 0 aliphatic carbocycles. The summed E-state index contributed by atoms with van der Waals surface area (Å²) in [6, 6.07) is 18.3. The molecule has 4 nitrogen and oxygen atoms in total. The zero-order chi connectivity index (χ0) is 16.8. The number of imidazole rings is 1. The van der Waals surface area contributed by atoms with Crippen LogP contribution in [-0.2, 0) is 17.8 Å². The van der Waals surface area contributed by atoms with Gasteiger partial charge in [0.15, 0.2) is 5.16 Å². The first-order valence-electron chi connectivity index (χ1n) is 8.16. The Morgan fingerprint density at radius 3 is 2.67 bits per heavy atom. The molecule has 124 valence electrons. The second-order valence-corrected chi connectivity index (χ2v) is 6.44. The van der Waals surface area contributed by atoms with Crippen molar-refractivity contribution in [1.29, 1.82) is 0 Å². The Balaban J connectivity index is 1.53. The molecule has 0 bridgehead atoms. The minimum Gasteiger partial charge on any atom is -0.355 e. The second-order valence-electron chi connectivity index (χ2n) is 5.50. The summed E-state index contributed by atoms with van der Waals surface area (Å²) in [6.07, 6.45) is 0.852. The Kier molecular flexibility index (Phi) is 5.54. The number of nitrogens with one attached hydrogen (secondary N) is 1. The number of carbonyl (C=O) groups is 1. The molecule has 0 aliphatic rings. The molecule has 0 unspecified atom stereocenters. The van der Waals surface area contributed by atoms with Gasteiger partial charge < -0.3 is 9.88 Å². The van der Waals surface area contributed by atoms with Gasteiger partial charge in [0, 0.05) is 13.1 Å². The summed E-state index contributed by atoms with van der Waals surface area (Å²) in [6.45, 7) is 3.60. The molecule has 0 aliphatic heterocycles. The number of nitrogens with zero attached hydrogens (tertiary/aromatic N) is 2. The Bertz CT molecular complexity index is 814. The fourth-order valence-corrected chi connectivity index (χ4v) is 3.55. The largest absolute Gasteiger partial charge is 0.355 e. The van der Waals surface area contributed by atoms with Crippen LogP contribution in [0.4, 0.5) is 0 Å². The molecule has 5 heteroatoms. The van der Waals surface area contributed by atoms with Crippen LogP contribution in [0.2, 0.25) is 0 Å². The summed E-state index contributed by atoms with van der Waals surface area (Å²) in [7, 11) is 0. The Morgan fingerprint density at radius 2 is 1.88 bits per heavy atom. The zero-order valence-corrected chi connectivity index (χ0v) is 14.6. The third-order valence-corrected chi connectivity index (χ3v) is 4.82. The van der Waals surface area contributed by atoms with Crippen molar-refractivity contribution >= 4 is 28.7 Å². The van der Waals surface area contributed by atoms with Crippen LogP contribution in [0.25, 0.3) is 11.0 Å². The molecule has 1 N–H and O–H groups in total. The quantitative estimate of drug-likeness (QED) is 0.670. The van der Waals surface area contributed by atoms with Crippen molar-refractivity contribution < 1.29 is 4.79 Å². The first-order valence-corrected chi connectivity index (χ1v) is 9.15. The third-order valence-electron chi connectivity index (χ3n) is 3.85. The van der Waals surface area contributed by atoms with Gasteiger partial charge in [0.1, 0.15) is 0 Å². The molecular weight excluding hydrogens is 318 g/mol. The smallest absolute Gasteiger partial charge is 0.230 e. The maximum atomic E-state index is 12.1. The van der Waals surface area contributed by atoms with E-state index < -0.39 is 0 Å². The fourth-order valence-electron chi connectivity index (χ4n) is 2.64. The molecule has 0 fully saturated rings. The number of hydrogen-bond donors (Lipinski definition) is 1. The highest BCUT2D eigenvalue weighted by Gasteiger charge is 2.11. The average molecular weight is 339 g/mol. The van der Waals surface area contributed by atoms with Crippen LogP contribution in [-0.4, -0.2) is 27.8 Å². The van der Waals surface area contributed by atoms with Gasteiger partial charge in [0.25, 0.3) is 0 Å². The molecule has 3 rings (SSSR count). The summed E-state index contributed by atoms with van der Waals surface area (Å²) < 4.78 is 2.15. The Hall–Kier alpha value is -2.27. The summed E-state index contributed by atoms with van der Waals surface area (Å²) >= 11 is 1.49. The Labute approximate surface area is 146 Å². The molecule has 0 saturated heterocycles. The molecule has 0 radical (unpaired) electrons. The van der Waals surface area contributed by atoms with Gasteiger partial charge in [-0.15, -0.1) is 0 Å². The summed E-state index contributed by atoms with van der Waals surface area (Å²) in [4.78, 5) is 16.7. The number of para-hydroxylation sites is 2. The van der Waals surface area contributed by atoms with E-state index in [0.29, 0.717) is 12.3 Å². The van der Waals surface area contributed by atoms with E-state index in [1.165, 1.54) is 17.3 Å². The van der Waals surface area contributed by atoms with Gasteiger partial charge in [0.2, 0.25) is 5.91 Å². The maximum Gasteiger partial charge on any atom is 0.230 e. The van der Waals surface area contributed by atoms with Crippen molar-refractivity contribution in [3.05, 3.63) is 60.2 Å². The van der Waals surface area contributed by atoms with Crippen molar-refractivity contribution in [3.8, 4) is 0 Å². The van der Waals surface area contributed by atoms with Crippen LogP contribution in [0.15, 0.2) is 59.8 Å². The number of rotatable bonds is 7. The molecule has 1 amide bonds. The topological polar surface area (TPSA) is 46.9 Å². The van der Waals surface area contributed by atoms with Gasteiger partial charge in [0.05, 0.1) is 16.8 Å². The van der Waals surface area contributed by atoms with Crippen LogP contribution in [0, 0.1) is 0 Å². The lowest BCUT2D eigenvalue weighted by atomic mass is 10.1. The lowest BCUT2D eigenvalue weighted by Crippen LogP contribution is -2.27. The third kappa shape index (κ3) is 3.97. The van der Waals surface area contributed by atoms with Crippen LogP contribution in [0.1, 0.15) is 12.5 Å². The maximum absolute atomic E-state index is 12.1. The summed E-state index contributed by atoms with van der Waals surface area (Å²) in [5.74, 6) is 0.434. The van der Waals surface area contributed by atoms with Crippen molar-refractivity contribution in [3.63, 3.8) is 0 Å². The molecule has 3 aromatic rings. The van der Waals surface area contributed by atoms with Crippen LogP contribution in [0.3, 0.4) is 0 Å². The van der Waals surface area contributed by atoms with Gasteiger partial charge in [-0.05, 0) is 31.0 Å². The van der Waals surface area contributed by atoms with E-state index in [9.17, 15) is 4.79 Å². The number of aromatic nitrogens is 2. The Morgan fingerprint density at radius 1 is 1.12 bits per heavy atom. The number of benzene rings is 2. The molecule has 1 aromatic heterocycles. The summed E-state index contributed by atoms with van der Waals surface area (Å²) in [5.41, 5.74) is 3.33. The molecule has 24 heavy (non-hydrogen) atoms. The van der Waals surface area contributed by atoms with E-state index in [4.69, 9.17) is 0 Å². The predicted octanol–water partition coefficient (Wildman–Crippen LogP) is 3.51. The zero-order valence-electron chi connectivity index (χ0n) is 13.7. The van der Waals surface area contributed by atoms with E-state index in [1.807, 2.05) is 36.4 Å². The molecule has 0 saturated carbocycles.